The first-order valence-corrected chi connectivity index (χ1v) is 9.35. The molecule has 3 rings (SSSR count). The number of nitrogens with one attached hydrogen (secondary N) is 2. The zero-order chi connectivity index (χ0) is 16.8. The van der Waals surface area contributed by atoms with Gasteiger partial charge in [-0.05, 0) is 62.2 Å². The van der Waals surface area contributed by atoms with E-state index in [9.17, 15) is 4.79 Å². The van der Waals surface area contributed by atoms with Crippen molar-refractivity contribution in [2.45, 2.75) is 36.5 Å². The quantitative estimate of drug-likeness (QED) is 0.769. The molecule has 1 aromatic heterocycles. The van der Waals surface area contributed by atoms with Crippen LogP contribution in [0.3, 0.4) is 0 Å². The molecule has 1 saturated heterocycles. The van der Waals surface area contributed by atoms with Gasteiger partial charge in [0.05, 0.1) is 0 Å². The number of benzene rings is 1. The summed E-state index contributed by atoms with van der Waals surface area (Å²) in [6.07, 6.45) is 5.50. The Kier molecular flexibility index (Phi) is 7.75. The number of carbonyl (C=O) groups excluding carboxylic acids is 1. The number of nitrogens with zero attached hydrogens (tertiary/aromatic N) is 1. The second-order valence-electron chi connectivity index (χ2n) is 6.24. The summed E-state index contributed by atoms with van der Waals surface area (Å²) in [5.74, 6) is 1.15. The number of pyridine rings is 1. The maximum Gasteiger partial charge on any atom is 0.227 e. The monoisotopic (exact) mass is 377 g/mol. The summed E-state index contributed by atoms with van der Waals surface area (Å²) in [6.45, 7) is 3.05. The second kappa shape index (κ2) is 9.80. The minimum atomic E-state index is 0. The SMILES string of the molecule is C[C@H]1C[C@@H](C(=O)Nc2ccc(SCc3cccnc3)cc2)CCN1.Cl. The Labute approximate surface area is 159 Å². The zero-order valence-electron chi connectivity index (χ0n) is 14.3. The Balaban J connectivity index is 0.00000225. The van der Waals surface area contributed by atoms with Crippen LogP contribution in [0.5, 0.6) is 0 Å². The van der Waals surface area contributed by atoms with E-state index in [4.69, 9.17) is 0 Å². The summed E-state index contributed by atoms with van der Waals surface area (Å²) < 4.78 is 0. The highest BCUT2D eigenvalue weighted by atomic mass is 35.5. The molecule has 0 saturated carbocycles. The van der Waals surface area contributed by atoms with Crippen LogP contribution < -0.4 is 10.6 Å². The lowest BCUT2D eigenvalue weighted by Gasteiger charge is -2.27. The molecule has 2 heterocycles. The lowest BCUT2D eigenvalue weighted by Crippen LogP contribution is -2.40. The predicted molar refractivity (Wildman–Crippen MR) is 106 cm³/mol. The average molecular weight is 378 g/mol. The zero-order valence-corrected chi connectivity index (χ0v) is 15.9. The number of aromatic nitrogens is 1. The Morgan fingerprint density at radius 1 is 1.32 bits per heavy atom. The first-order chi connectivity index (χ1) is 11.7. The van der Waals surface area contributed by atoms with E-state index in [-0.39, 0.29) is 24.2 Å². The van der Waals surface area contributed by atoms with Crippen LogP contribution in [-0.4, -0.2) is 23.5 Å². The number of hydrogen-bond donors (Lipinski definition) is 2. The highest BCUT2D eigenvalue weighted by Crippen LogP contribution is 2.25. The summed E-state index contributed by atoms with van der Waals surface area (Å²) in [5, 5.41) is 6.43. The molecule has 1 aliphatic rings. The topological polar surface area (TPSA) is 54.0 Å². The lowest BCUT2D eigenvalue weighted by molar-refractivity contribution is -0.120. The van der Waals surface area contributed by atoms with Gasteiger partial charge < -0.3 is 10.6 Å². The van der Waals surface area contributed by atoms with Crippen LogP contribution in [0.15, 0.2) is 53.7 Å². The number of amides is 1. The van der Waals surface area contributed by atoms with Gasteiger partial charge in [-0.25, -0.2) is 0 Å². The fourth-order valence-corrected chi connectivity index (χ4v) is 3.73. The van der Waals surface area contributed by atoms with Crippen LogP contribution >= 0.6 is 24.2 Å². The van der Waals surface area contributed by atoms with Crippen molar-refractivity contribution in [2.75, 3.05) is 11.9 Å². The van der Waals surface area contributed by atoms with Crippen LogP contribution in [0.2, 0.25) is 0 Å². The van der Waals surface area contributed by atoms with Crippen molar-refractivity contribution in [3.8, 4) is 0 Å². The third-order valence-electron chi connectivity index (χ3n) is 4.24. The molecule has 0 spiro atoms. The van der Waals surface area contributed by atoms with Crippen molar-refractivity contribution in [3.63, 3.8) is 0 Å². The average Bonchev–Trinajstić information content (AvgIpc) is 2.62. The molecule has 0 unspecified atom stereocenters. The van der Waals surface area contributed by atoms with E-state index in [0.29, 0.717) is 6.04 Å². The summed E-state index contributed by atoms with van der Waals surface area (Å²) in [7, 11) is 0. The van der Waals surface area contributed by atoms with Crippen molar-refractivity contribution in [1.29, 1.82) is 0 Å². The number of rotatable bonds is 5. The fourth-order valence-electron chi connectivity index (χ4n) is 2.90. The van der Waals surface area contributed by atoms with E-state index in [0.717, 1.165) is 30.8 Å². The van der Waals surface area contributed by atoms with E-state index in [1.807, 2.05) is 24.4 Å². The molecule has 1 aromatic carbocycles. The number of piperidine rings is 1. The van der Waals surface area contributed by atoms with Gasteiger partial charge in [-0.2, -0.15) is 0 Å². The lowest BCUT2D eigenvalue weighted by atomic mass is 9.92. The smallest absolute Gasteiger partial charge is 0.227 e. The van der Waals surface area contributed by atoms with Gasteiger partial charge >= 0.3 is 0 Å². The van der Waals surface area contributed by atoms with Crippen LogP contribution in [-0.2, 0) is 10.5 Å². The van der Waals surface area contributed by atoms with Crippen LogP contribution in [0, 0.1) is 5.92 Å². The minimum absolute atomic E-state index is 0. The first-order valence-electron chi connectivity index (χ1n) is 8.37. The van der Waals surface area contributed by atoms with Gasteiger partial charge in [0.1, 0.15) is 0 Å². The van der Waals surface area contributed by atoms with Gasteiger partial charge in [-0.3, -0.25) is 9.78 Å². The molecule has 6 heteroatoms. The maximum absolute atomic E-state index is 12.4. The highest BCUT2D eigenvalue weighted by Gasteiger charge is 2.24. The molecule has 1 aliphatic heterocycles. The maximum atomic E-state index is 12.4. The first kappa shape index (κ1) is 19.8. The summed E-state index contributed by atoms with van der Waals surface area (Å²) in [5.41, 5.74) is 2.08. The van der Waals surface area contributed by atoms with Gasteiger partial charge in [-0.1, -0.05) is 6.07 Å². The summed E-state index contributed by atoms with van der Waals surface area (Å²) in [6, 6.07) is 12.5. The fraction of sp³-hybridized carbons (Fsp3) is 0.368. The molecule has 0 aliphatic carbocycles. The normalized spacial score (nSPS) is 19.7. The molecule has 2 atom stereocenters. The molecule has 2 N–H and O–H groups in total. The highest BCUT2D eigenvalue weighted by molar-refractivity contribution is 7.98. The van der Waals surface area contributed by atoms with Crippen LogP contribution in [0.25, 0.3) is 0 Å². The van der Waals surface area contributed by atoms with Gasteiger partial charge in [-0.15, -0.1) is 24.2 Å². The number of halogens is 1. The van der Waals surface area contributed by atoms with Crippen molar-refractivity contribution in [1.82, 2.24) is 10.3 Å². The third kappa shape index (κ3) is 6.03. The number of anilines is 1. The van der Waals surface area contributed by atoms with Gasteiger partial charge in [0, 0.05) is 40.7 Å². The molecule has 134 valence electrons. The Hall–Kier alpha value is -1.56. The van der Waals surface area contributed by atoms with Crippen molar-refractivity contribution >= 4 is 35.8 Å². The van der Waals surface area contributed by atoms with Crippen LogP contribution in [0.4, 0.5) is 5.69 Å². The Morgan fingerprint density at radius 2 is 2.12 bits per heavy atom. The van der Waals surface area contributed by atoms with Crippen molar-refractivity contribution in [2.24, 2.45) is 5.92 Å². The second-order valence-corrected chi connectivity index (χ2v) is 7.29. The molecular formula is C19H24ClN3OS. The molecule has 0 radical (unpaired) electrons. The summed E-state index contributed by atoms with van der Waals surface area (Å²) in [4.78, 5) is 17.7. The molecule has 1 fully saturated rings. The molecule has 4 nitrogen and oxygen atoms in total. The number of hydrogen-bond acceptors (Lipinski definition) is 4. The van der Waals surface area contributed by atoms with Crippen molar-refractivity contribution in [3.05, 3.63) is 54.4 Å². The van der Waals surface area contributed by atoms with E-state index in [2.05, 4.69) is 40.7 Å². The largest absolute Gasteiger partial charge is 0.326 e. The van der Waals surface area contributed by atoms with E-state index in [1.54, 1.807) is 18.0 Å². The number of carbonyl (C=O) groups is 1. The molecule has 0 bridgehead atoms. The van der Waals surface area contributed by atoms with Gasteiger partial charge in [0.25, 0.3) is 0 Å². The van der Waals surface area contributed by atoms with E-state index < -0.39 is 0 Å². The molecule has 1 amide bonds. The molecular weight excluding hydrogens is 354 g/mol. The van der Waals surface area contributed by atoms with Gasteiger partial charge in [0.15, 0.2) is 0 Å². The van der Waals surface area contributed by atoms with E-state index >= 15 is 0 Å². The Morgan fingerprint density at radius 3 is 2.80 bits per heavy atom. The molecule has 25 heavy (non-hydrogen) atoms. The molecule has 2 aromatic rings. The van der Waals surface area contributed by atoms with Crippen molar-refractivity contribution < 1.29 is 4.79 Å². The van der Waals surface area contributed by atoms with Crippen LogP contribution in [0.1, 0.15) is 25.3 Å². The summed E-state index contributed by atoms with van der Waals surface area (Å²) >= 11 is 1.77. The minimum Gasteiger partial charge on any atom is -0.326 e. The predicted octanol–water partition coefficient (Wildman–Crippen LogP) is 4.12. The standard InChI is InChI=1S/C19H23N3OS.ClH/c1-14-11-16(8-10-21-14)19(23)22-17-4-6-18(7-5-17)24-13-15-3-2-9-20-12-15;/h2-7,9,12,14,16,21H,8,10-11,13H2,1H3,(H,22,23);1H/t14-,16-;/m0./s1. The third-order valence-corrected chi connectivity index (χ3v) is 5.33. The van der Waals surface area contributed by atoms with E-state index in [1.165, 1.54) is 10.5 Å². The Bertz CT molecular complexity index is 666. The van der Waals surface area contributed by atoms with Gasteiger partial charge in [0.2, 0.25) is 5.91 Å². The number of thioether (sulfide) groups is 1.